The van der Waals surface area contributed by atoms with E-state index >= 15 is 0 Å². The van der Waals surface area contributed by atoms with Crippen molar-refractivity contribution in [2.24, 2.45) is 0 Å². The number of hydrogen-bond acceptors (Lipinski definition) is 6. The fourth-order valence-corrected chi connectivity index (χ4v) is 1.93. The second-order valence-corrected chi connectivity index (χ2v) is 4.99. The van der Waals surface area contributed by atoms with E-state index in [4.69, 9.17) is 4.74 Å². The van der Waals surface area contributed by atoms with Crippen LogP contribution in [0.5, 0.6) is 11.8 Å². The van der Waals surface area contributed by atoms with Crippen molar-refractivity contribution in [1.82, 2.24) is 25.6 Å². The van der Waals surface area contributed by atoms with Gasteiger partial charge in [-0.3, -0.25) is 14.6 Å². The van der Waals surface area contributed by atoms with Gasteiger partial charge in [-0.2, -0.15) is 4.98 Å². The van der Waals surface area contributed by atoms with Crippen molar-refractivity contribution < 1.29 is 14.3 Å². The van der Waals surface area contributed by atoms with E-state index in [-0.39, 0.29) is 23.5 Å². The average Bonchev–Trinajstić information content (AvgIpc) is 2.62. The van der Waals surface area contributed by atoms with E-state index in [2.05, 4.69) is 25.6 Å². The van der Waals surface area contributed by atoms with Crippen molar-refractivity contribution in [1.29, 1.82) is 0 Å². The summed E-state index contributed by atoms with van der Waals surface area (Å²) >= 11 is 0. The lowest BCUT2D eigenvalue weighted by atomic mass is 10.1. The molecule has 0 fully saturated rings. The molecule has 0 radical (unpaired) electrons. The van der Waals surface area contributed by atoms with Gasteiger partial charge in [0.05, 0.1) is 6.20 Å². The average molecular weight is 341 g/mol. The van der Waals surface area contributed by atoms with Crippen LogP contribution in [0.25, 0.3) is 6.08 Å². The zero-order valence-corrected chi connectivity index (χ0v) is 14.2. The van der Waals surface area contributed by atoms with E-state index in [0.29, 0.717) is 12.3 Å². The third-order valence-electron chi connectivity index (χ3n) is 3.27. The summed E-state index contributed by atoms with van der Waals surface area (Å²) in [6, 6.07) is 1.53. The topological polar surface area (TPSA) is 106 Å². The summed E-state index contributed by atoms with van der Waals surface area (Å²) in [6.07, 6.45) is 7.67. The van der Waals surface area contributed by atoms with Crippen molar-refractivity contribution in [3.05, 3.63) is 47.6 Å². The number of nitrogens with zero attached hydrogens (tertiary/aromatic N) is 3. The van der Waals surface area contributed by atoms with Crippen molar-refractivity contribution in [3.63, 3.8) is 0 Å². The first-order valence-electron chi connectivity index (χ1n) is 7.68. The van der Waals surface area contributed by atoms with Crippen LogP contribution in [0.1, 0.15) is 28.5 Å². The summed E-state index contributed by atoms with van der Waals surface area (Å²) in [7, 11) is 1.52. The number of pyridine rings is 1. The Balaban J connectivity index is 2.22. The van der Waals surface area contributed by atoms with Crippen LogP contribution < -0.4 is 15.4 Å². The Hall–Kier alpha value is -3.29. The lowest BCUT2D eigenvalue weighted by Gasteiger charge is -2.09. The highest BCUT2D eigenvalue weighted by molar-refractivity contribution is 5.92. The van der Waals surface area contributed by atoms with Crippen LogP contribution in [0, 0.1) is 6.92 Å². The second-order valence-electron chi connectivity index (χ2n) is 4.99. The predicted molar refractivity (Wildman–Crippen MR) is 92.2 cm³/mol. The highest BCUT2D eigenvalue weighted by Crippen LogP contribution is 2.24. The first-order chi connectivity index (χ1) is 12.0. The molecular weight excluding hydrogens is 322 g/mol. The van der Waals surface area contributed by atoms with Crippen molar-refractivity contribution in [3.8, 4) is 11.8 Å². The molecule has 0 aliphatic heterocycles. The molecule has 0 aliphatic rings. The van der Waals surface area contributed by atoms with Crippen LogP contribution in [0.3, 0.4) is 0 Å². The quantitative estimate of drug-likeness (QED) is 0.771. The number of hydrogen-bond donors (Lipinski definition) is 2. The lowest BCUT2D eigenvalue weighted by molar-refractivity contribution is -0.116. The molecule has 2 aromatic heterocycles. The number of carbonyl (C=O) groups excluding carboxylic acids is 2. The van der Waals surface area contributed by atoms with E-state index in [1.54, 1.807) is 12.3 Å². The number of nitrogens with one attached hydrogen (secondary N) is 2. The van der Waals surface area contributed by atoms with Crippen molar-refractivity contribution in [2.45, 2.75) is 13.8 Å². The summed E-state index contributed by atoms with van der Waals surface area (Å²) in [5.74, 6) is -0.0809. The van der Waals surface area contributed by atoms with Gasteiger partial charge in [-0.25, -0.2) is 4.98 Å². The first kappa shape index (κ1) is 18.1. The van der Waals surface area contributed by atoms with Crippen molar-refractivity contribution >= 4 is 17.9 Å². The molecule has 0 spiro atoms. The SMILES string of the molecule is CCNC(=O)/C=C/c1cncc(Oc2nccc(C(=O)NC)n2)c1C. The minimum absolute atomic E-state index is 0.0378. The van der Waals surface area contributed by atoms with Crippen LogP contribution >= 0.6 is 0 Å². The third-order valence-corrected chi connectivity index (χ3v) is 3.27. The van der Waals surface area contributed by atoms with E-state index < -0.39 is 0 Å². The standard InChI is InChI=1S/C17H19N5O3/c1-4-20-15(23)6-5-12-9-19-10-14(11(12)2)25-17-21-8-7-13(22-17)16(24)18-3/h5-10H,4H2,1-3H3,(H,18,24)(H,20,23)/b6-5+. The molecule has 0 aromatic carbocycles. The highest BCUT2D eigenvalue weighted by atomic mass is 16.5. The maximum absolute atomic E-state index is 11.6. The van der Waals surface area contributed by atoms with Gasteiger partial charge in [0, 0.05) is 37.6 Å². The Morgan fingerprint density at radius 3 is 2.84 bits per heavy atom. The van der Waals surface area contributed by atoms with Gasteiger partial charge < -0.3 is 15.4 Å². The molecule has 0 saturated carbocycles. The Bertz CT molecular complexity index is 805. The smallest absolute Gasteiger partial charge is 0.322 e. The number of aromatic nitrogens is 3. The molecule has 0 bridgehead atoms. The minimum Gasteiger partial charge on any atom is -0.422 e. The Morgan fingerprint density at radius 1 is 1.32 bits per heavy atom. The molecule has 0 unspecified atom stereocenters. The van der Waals surface area contributed by atoms with Crippen LogP contribution in [-0.4, -0.2) is 40.4 Å². The van der Waals surface area contributed by atoms with Gasteiger partial charge in [0.1, 0.15) is 5.69 Å². The van der Waals surface area contributed by atoms with Crippen LogP contribution in [0.15, 0.2) is 30.7 Å². The number of rotatable bonds is 6. The summed E-state index contributed by atoms with van der Waals surface area (Å²) in [5, 5.41) is 5.16. The van der Waals surface area contributed by atoms with E-state index in [9.17, 15) is 9.59 Å². The fraction of sp³-hybridized carbons (Fsp3) is 0.235. The molecule has 8 heteroatoms. The van der Waals surface area contributed by atoms with Gasteiger partial charge in [-0.15, -0.1) is 0 Å². The van der Waals surface area contributed by atoms with E-state index in [0.717, 1.165) is 11.1 Å². The largest absolute Gasteiger partial charge is 0.422 e. The molecular formula is C17H19N5O3. The van der Waals surface area contributed by atoms with Gasteiger partial charge in [-0.05, 0) is 31.6 Å². The fourth-order valence-electron chi connectivity index (χ4n) is 1.93. The Morgan fingerprint density at radius 2 is 2.12 bits per heavy atom. The van der Waals surface area contributed by atoms with Crippen LogP contribution in [-0.2, 0) is 4.79 Å². The third kappa shape index (κ3) is 4.84. The number of amides is 2. The molecule has 2 N–H and O–H groups in total. The molecule has 0 saturated heterocycles. The summed E-state index contributed by atoms with van der Waals surface area (Å²) in [5.41, 5.74) is 1.70. The lowest BCUT2D eigenvalue weighted by Crippen LogP contribution is -2.19. The zero-order chi connectivity index (χ0) is 18.2. The summed E-state index contributed by atoms with van der Waals surface area (Å²) in [6.45, 7) is 4.24. The van der Waals surface area contributed by atoms with Gasteiger partial charge in [0.15, 0.2) is 5.75 Å². The normalized spacial score (nSPS) is 10.5. The van der Waals surface area contributed by atoms with Gasteiger partial charge in [0.2, 0.25) is 5.91 Å². The molecule has 0 atom stereocenters. The van der Waals surface area contributed by atoms with Gasteiger partial charge >= 0.3 is 6.01 Å². The van der Waals surface area contributed by atoms with Gasteiger partial charge in [0.25, 0.3) is 5.91 Å². The zero-order valence-electron chi connectivity index (χ0n) is 14.2. The van der Waals surface area contributed by atoms with Gasteiger partial charge in [-0.1, -0.05) is 0 Å². The Kier molecular flexibility index (Phi) is 6.16. The molecule has 2 aromatic rings. The maximum Gasteiger partial charge on any atom is 0.322 e. The summed E-state index contributed by atoms with van der Waals surface area (Å²) < 4.78 is 5.64. The highest BCUT2D eigenvalue weighted by Gasteiger charge is 2.11. The Labute approximate surface area is 145 Å². The van der Waals surface area contributed by atoms with Crippen molar-refractivity contribution in [2.75, 3.05) is 13.6 Å². The number of likely N-dealkylation sites (N-methyl/N-ethyl adjacent to an activating group) is 1. The minimum atomic E-state index is -0.333. The molecule has 2 heterocycles. The molecule has 25 heavy (non-hydrogen) atoms. The molecule has 2 rings (SSSR count). The predicted octanol–water partition coefficient (Wildman–Crippen LogP) is 1.48. The first-order valence-corrected chi connectivity index (χ1v) is 7.68. The van der Waals surface area contributed by atoms with Crippen LogP contribution in [0.4, 0.5) is 0 Å². The molecule has 130 valence electrons. The van der Waals surface area contributed by atoms with E-state index in [1.165, 1.54) is 31.6 Å². The summed E-state index contributed by atoms with van der Waals surface area (Å²) in [4.78, 5) is 35.3. The molecule has 8 nitrogen and oxygen atoms in total. The number of ether oxygens (including phenoxy) is 1. The van der Waals surface area contributed by atoms with Crippen LogP contribution in [0.2, 0.25) is 0 Å². The number of carbonyl (C=O) groups is 2. The molecule has 2 amide bonds. The second kappa shape index (κ2) is 8.53. The molecule has 0 aliphatic carbocycles. The van der Waals surface area contributed by atoms with E-state index in [1.807, 2.05) is 13.8 Å². The maximum atomic E-state index is 11.6. The monoisotopic (exact) mass is 341 g/mol.